The van der Waals surface area contributed by atoms with Gasteiger partial charge in [0.05, 0.1) is 17.4 Å². The third kappa shape index (κ3) is 7.01. The van der Waals surface area contributed by atoms with Crippen molar-refractivity contribution in [2.24, 2.45) is 4.36 Å². The van der Waals surface area contributed by atoms with Crippen LogP contribution in [0.1, 0.15) is 37.4 Å². The second-order valence-electron chi connectivity index (χ2n) is 7.81. The number of rotatable bonds is 6. The summed E-state index contributed by atoms with van der Waals surface area (Å²) in [6.45, 7) is 5.42. The monoisotopic (exact) mass is 457 g/mol. The molecule has 162 valence electrons. The molecule has 1 aromatic heterocycles. The normalized spacial score (nSPS) is 12.1. The number of benzene rings is 2. The minimum atomic E-state index is -2.50. The lowest BCUT2D eigenvalue weighted by atomic mass is 10.1. The molecule has 0 radical (unpaired) electrons. The highest BCUT2D eigenvalue weighted by Crippen LogP contribution is 2.28. The van der Waals surface area contributed by atoms with Gasteiger partial charge in [-0.05, 0) is 44.9 Å². The first-order chi connectivity index (χ1) is 14.7. The second-order valence-corrected chi connectivity index (χ2v) is 9.32. The van der Waals surface area contributed by atoms with E-state index in [0.717, 1.165) is 21.8 Å². The van der Waals surface area contributed by atoms with Gasteiger partial charge >= 0.3 is 16.6 Å². The fourth-order valence-corrected chi connectivity index (χ4v) is 4.03. The lowest BCUT2D eigenvalue weighted by Gasteiger charge is -2.23. The summed E-state index contributed by atoms with van der Waals surface area (Å²) in [5.74, 6) is 0. The number of ether oxygens (including phenoxy) is 1. The molecule has 0 aliphatic rings. The molecular weight excluding hydrogens is 434 g/mol. The van der Waals surface area contributed by atoms with Crippen molar-refractivity contribution < 1.29 is 17.9 Å². The molecule has 1 N–H and O–H groups in total. The first-order valence-corrected chi connectivity index (χ1v) is 11.5. The van der Waals surface area contributed by atoms with E-state index in [-0.39, 0.29) is 0 Å². The van der Waals surface area contributed by atoms with Crippen molar-refractivity contribution in [1.29, 1.82) is 0 Å². The maximum absolute atomic E-state index is 12.4. The summed E-state index contributed by atoms with van der Waals surface area (Å²) in [5.41, 5.74) is 2.45. The van der Waals surface area contributed by atoms with Gasteiger partial charge in [0.2, 0.25) is 0 Å². The van der Waals surface area contributed by atoms with Crippen molar-refractivity contribution in [3.63, 3.8) is 0 Å². The van der Waals surface area contributed by atoms with Gasteiger partial charge in [-0.25, -0.2) is 9.78 Å². The summed E-state index contributed by atoms with van der Waals surface area (Å²) in [6, 6.07) is 16.2. The highest BCUT2D eigenvalue weighted by atomic mass is 32.2. The van der Waals surface area contributed by atoms with E-state index in [2.05, 4.69) is 9.68 Å². The first-order valence-electron chi connectivity index (χ1n) is 9.60. The van der Waals surface area contributed by atoms with Gasteiger partial charge < -0.3 is 10.1 Å². The Kier molecular flexibility index (Phi) is 7.19. The topological polar surface area (TPSA) is 97.7 Å². The number of aromatic nitrogens is 1. The summed E-state index contributed by atoms with van der Waals surface area (Å²) < 4.78 is 30.4. The number of alkyl carbamates (subject to hydrolysis) is 1. The molecule has 0 spiro atoms. The predicted octanol–water partition coefficient (Wildman–Crippen LogP) is 5.31. The summed E-state index contributed by atoms with van der Waals surface area (Å²) in [7, 11) is -2.50. The number of carbonyl (C=O) groups excluding carboxylic acids is 1. The zero-order valence-corrected chi connectivity index (χ0v) is 19.0. The Hall–Kier alpha value is -3.04. The molecule has 0 unspecified atom stereocenters. The number of carbonyl (C=O) groups is 1. The molecule has 1 amide bonds. The summed E-state index contributed by atoms with van der Waals surface area (Å²) in [4.78, 5) is 17.2. The minimum Gasteiger partial charge on any atom is -0.444 e. The van der Waals surface area contributed by atoms with Crippen LogP contribution in [0.3, 0.4) is 0 Å². The van der Waals surface area contributed by atoms with E-state index in [1.165, 1.54) is 11.3 Å². The van der Waals surface area contributed by atoms with Crippen LogP contribution < -0.4 is 5.32 Å². The van der Waals surface area contributed by atoms with E-state index in [4.69, 9.17) is 9.72 Å². The standard InChI is InChI=1S/C22H23N3O4S2/c1-22(2,3)29-21(26)24-18(13-15-9-11-17(12-10-15)25-31(27)28)20-23-19(14-30-20)16-7-5-4-6-8-16/h4-12,14,18H,13H2,1-3H3,(H,24,26)/t18-/m0/s1. The fraction of sp³-hybridized carbons (Fsp3) is 0.273. The Labute approximate surface area is 186 Å². The molecule has 7 nitrogen and oxygen atoms in total. The number of amides is 1. The molecule has 1 heterocycles. The summed E-state index contributed by atoms with van der Waals surface area (Å²) in [6.07, 6.45) is -0.0656. The number of hydrogen-bond donors (Lipinski definition) is 1. The molecule has 1 atom stereocenters. The van der Waals surface area contributed by atoms with E-state index < -0.39 is 28.2 Å². The number of nitrogens with zero attached hydrogens (tertiary/aromatic N) is 2. The maximum Gasteiger partial charge on any atom is 0.408 e. The van der Waals surface area contributed by atoms with Gasteiger partial charge in [0, 0.05) is 10.9 Å². The zero-order valence-electron chi connectivity index (χ0n) is 17.4. The van der Waals surface area contributed by atoms with E-state index in [9.17, 15) is 13.2 Å². The molecule has 0 saturated carbocycles. The smallest absolute Gasteiger partial charge is 0.408 e. The molecule has 0 aliphatic carbocycles. The van der Waals surface area contributed by atoms with Crippen LogP contribution in [-0.2, 0) is 21.7 Å². The third-order valence-electron chi connectivity index (χ3n) is 4.14. The third-order valence-corrected chi connectivity index (χ3v) is 5.45. The molecule has 31 heavy (non-hydrogen) atoms. The minimum absolute atomic E-state index is 0.342. The first kappa shape index (κ1) is 22.6. The molecule has 2 aromatic carbocycles. The van der Waals surface area contributed by atoms with Crippen LogP contribution in [0.25, 0.3) is 11.3 Å². The maximum atomic E-state index is 12.4. The molecule has 0 fully saturated rings. The molecular formula is C22H23N3O4S2. The van der Waals surface area contributed by atoms with Gasteiger partial charge in [-0.15, -0.1) is 15.7 Å². The van der Waals surface area contributed by atoms with Crippen LogP contribution in [0.5, 0.6) is 0 Å². The van der Waals surface area contributed by atoms with Crippen LogP contribution in [0, 0.1) is 0 Å². The Morgan fingerprint density at radius 3 is 2.42 bits per heavy atom. The number of nitrogens with one attached hydrogen (secondary N) is 1. The lowest BCUT2D eigenvalue weighted by molar-refractivity contribution is 0.0503. The molecule has 0 aliphatic heterocycles. The molecule has 0 bridgehead atoms. The van der Waals surface area contributed by atoms with Crippen molar-refractivity contribution in [2.75, 3.05) is 0 Å². The highest BCUT2D eigenvalue weighted by molar-refractivity contribution is 7.61. The van der Waals surface area contributed by atoms with Crippen LogP contribution in [0.15, 0.2) is 64.3 Å². The van der Waals surface area contributed by atoms with Gasteiger partial charge in [0.25, 0.3) is 0 Å². The average molecular weight is 458 g/mol. The second kappa shape index (κ2) is 9.84. The van der Waals surface area contributed by atoms with Crippen LogP contribution in [0.4, 0.5) is 10.5 Å². The van der Waals surface area contributed by atoms with Crippen molar-refractivity contribution in [1.82, 2.24) is 10.3 Å². The Balaban J connectivity index is 1.85. The Bertz CT molecular complexity index is 1160. The molecule has 0 saturated heterocycles. The fourth-order valence-electron chi connectivity index (χ4n) is 2.85. The van der Waals surface area contributed by atoms with Crippen LogP contribution in [0.2, 0.25) is 0 Å². The molecule has 9 heteroatoms. The Morgan fingerprint density at radius 1 is 1.13 bits per heavy atom. The SMILES string of the molecule is CC(C)(C)OC(=O)N[C@@H](Cc1ccc(N=S(=O)=O)cc1)c1nc(-c2ccccc2)cs1. The van der Waals surface area contributed by atoms with E-state index in [0.29, 0.717) is 12.1 Å². The quantitative estimate of drug-likeness (QED) is 0.541. The van der Waals surface area contributed by atoms with E-state index in [1.807, 2.05) is 35.7 Å². The Morgan fingerprint density at radius 2 is 1.81 bits per heavy atom. The molecule has 3 aromatic rings. The van der Waals surface area contributed by atoms with Crippen molar-refractivity contribution in [2.45, 2.75) is 38.8 Å². The van der Waals surface area contributed by atoms with Gasteiger partial charge in [0.1, 0.15) is 10.6 Å². The van der Waals surface area contributed by atoms with Crippen molar-refractivity contribution >= 4 is 33.6 Å². The van der Waals surface area contributed by atoms with Gasteiger partial charge in [-0.2, -0.15) is 8.42 Å². The van der Waals surface area contributed by atoms with Crippen molar-refractivity contribution in [3.8, 4) is 11.3 Å². The zero-order chi connectivity index (χ0) is 22.4. The number of thiazole rings is 1. The number of hydrogen-bond acceptors (Lipinski definition) is 7. The summed E-state index contributed by atoms with van der Waals surface area (Å²) >= 11 is 1.46. The van der Waals surface area contributed by atoms with Gasteiger partial charge in [-0.1, -0.05) is 42.5 Å². The van der Waals surface area contributed by atoms with Crippen LogP contribution >= 0.6 is 11.3 Å². The largest absolute Gasteiger partial charge is 0.444 e. The van der Waals surface area contributed by atoms with Gasteiger partial charge in [-0.3, -0.25) is 0 Å². The summed E-state index contributed by atoms with van der Waals surface area (Å²) in [5, 5.41) is 5.62. The predicted molar refractivity (Wildman–Crippen MR) is 121 cm³/mol. The lowest BCUT2D eigenvalue weighted by Crippen LogP contribution is -2.35. The van der Waals surface area contributed by atoms with E-state index >= 15 is 0 Å². The average Bonchev–Trinajstić information content (AvgIpc) is 3.18. The van der Waals surface area contributed by atoms with Crippen LogP contribution in [-0.4, -0.2) is 25.1 Å². The van der Waals surface area contributed by atoms with Crippen molar-refractivity contribution in [3.05, 3.63) is 70.5 Å². The highest BCUT2D eigenvalue weighted by Gasteiger charge is 2.23. The van der Waals surface area contributed by atoms with Gasteiger partial charge in [0.15, 0.2) is 0 Å². The molecule has 3 rings (SSSR count). The van der Waals surface area contributed by atoms with E-state index in [1.54, 1.807) is 45.0 Å².